The first-order valence-corrected chi connectivity index (χ1v) is 6.56. The number of anilines is 1. The van der Waals surface area contributed by atoms with E-state index in [0.717, 1.165) is 16.0 Å². The van der Waals surface area contributed by atoms with Gasteiger partial charge < -0.3 is 9.64 Å². The number of thiophene rings is 1. The summed E-state index contributed by atoms with van der Waals surface area (Å²) in [6.07, 6.45) is 1.58. The van der Waals surface area contributed by atoms with Gasteiger partial charge in [0.1, 0.15) is 12.1 Å². The lowest BCUT2D eigenvalue weighted by Crippen LogP contribution is -2.29. The van der Waals surface area contributed by atoms with Crippen molar-refractivity contribution in [2.45, 2.75) is 5.38 Å². The van der Waals surface area contributed by atoms with Crippen molar-refractivity contribution in [1.82, 2.24) is 9.97 Å². The maximum Gasteiger partial charge on any atom is 0.149 e. The molecule has 17 heavy (non-hydrogen) atoms. The minimum Gasteiger partial charge on any atom is -0.383 e. The number of halogens is 1. The second kappa shape index (κ2) is 5.62. The van der Waals surface area contributed by atoms with Crippen LogP contribution in [-0.2, 0) is 4.74 Å². The third kappa shape index (κ3) is 2.86. The van der Waals surface area contributed by atoms with Crippen LogP contribution < -0.4 is 4.90 Å². The van der Waals surface area contributed by atoms with Crippen LogP contribution in [0.3, 0.4) is 0 Å². The molecule has 1 atom stereocenters. The van der Waals surface area contributed by atoms with Crippen molar-refractivity contribution in [3.05, 3.63) is 17.8 Å². The molecule has 0 aromatic carbocycles. The molecule has 2 rings (SSSR count). The minimum absolute atomic E-state index is 0.0463. The monoisotopic (exact) mass is 271 g/mol. The number of rotatable bonds is 5. The summed E-state index contributed by atoms with van der Waals surface area (Å²) in [5.41, 5.74) is 0.977. The summed E-state index contributed by atoms with van der Waals surface area (Å²) in [6, 6.07) is 1.99. The van der Waals surface area contributed by atoms with E-state index < -0.39 is 0 Å². The van der Waals surface area contributed by atoms with E-state index in [-0.39, 0.29) is 5.38 Å². The van der Waals surface area contributed by atoms with Gasteiger partial charge in [0.05, 0.1) is 22.2 Å². The molecule has 0 bridgehead atoms. The highest BCUT2D eigenvalue weighted by molar-refractivity contribution is 7.17. The smallest absolute Gasteiger partial charge is 0.149 e. The van der Waals surface area contributed by atoms with E-state index in [1.165, 1.54) is 0 Å². The molecule has 92 valence electrons. The molecule has 0 fully saturated rings. The van der Waals surface area contributed by atoms with Crippen LogP contribution in [0.2, 0.25) is 0 Å². The second-order valence-electron chi connectivity index (χ2n) is 3.77. The Morgan fingerprint density at radius 3 is 3.12 bits per heavy atom. The molecule has 0 aliphatic rings. The Bertz CT molecular complexity index is 490. The van der Waals surface area contributed by atoms with Gasteiger partial charge in [-0.1, -0.05) is 0 Å². The zero-order chi connectivity index (χ0) is 12.3. The van der Waals surface area contributed by atoms with Gasteiger partial charge in [-0.25, -0.2) is 9.97 Å². The lowest BCUT2D eigenvalue weighted by atomic mass is 10.3. The highest BCUT2D eigenvalue weighted by Gasteiger charge is 2.13. The number of aromatic nitrogens is 2. The Labute approximate surface area is 109 Å². The second-order valence-corrected chi connectivity index (χ2v) is 5.30. The number of methoxy groups -OCH3 is 1. The maximum atomic E-state index is 6.14. The van der Waals surface area contributed by atoms with Crippen molar-refractivity contribution in [2.75, 3.05) is 32.2 Å². The van der Waals surface area contributed by atoms with Gasteiger partial charge in [0.25, 0.3) is 0 Å². The summed E-state index contributed by atoms with van der Waals surface area (Å²) < 4.78 is 6.12. The Kier molecular flexibility index (Phi) is 4.15. The fourth-order valence-electron chi connectivity index (χ4n) is 1.66. The highest BCUT2D eigenvalue weighted by Crippen LogP contribution is 2.27. The van der Waals surface area contributed by atoms with Crippen LogP contribution in [0.25, 0.3) is 10.2 Å². The van der Waals surface area contributed by atoms with Gasteiger partial charge in [0.2, 0.25) is 0 Å². The maximum absolute atomic E-state index is 6.14. The average Bonchev–Trinajstić information content (AvgIpc) is 2.76. The standard InChI is InChI=1S/C11H14ClN3OS/c1-15(5-8(12)6-16-2)11-10-9(3-4-17-10)13-7-14-11/h3-4,7-8H,5-6H2,1-2H3. The molecule has 6 heteroatoms. The molecule has 0 aliphatic heterocycles. The summed E-state index contributed by atoms with van der Waals surface area (Å²) in [5, 5.41) is 1.97. The van der Waals surface area contributed by atoms with E-state index in [9.17, 15) is 0 Å². The molecule has 0 amide bonds. The highest BCUT2D eigenvalue weighted by atomic mass is 35.5. The topological polar surface area (TPSA) is 38.2 Å². The minimum atomic E-state index is -0.0463. The van der Waals surface area contributed by atoms with Gasteiger partial charge in [-0.2, -0.15) is 0 Å². The van der Waals surface area contributed by atoms with Gasteiger partial charge in [0, 0.05) is 20.7 Å². The first kappa shape index (κ1) is 12.5. The normalized spacial score (nSPS) is 12.9. The van der Waals surface area contributed by atoms with Crippen LogP contribution >= 0.6 is 22.9 Å². The molecule has 0 saturated carbocycles. The van der Waals surface area contributed by atoms with Crippen LogP contribution in [-0.4, -0.2) is 42.7 Å². The van der Waals surface area contributed by atoms with Crippen LogP contribution in [0.1, 0.15) is 0 Å². The molecule has 4 nitrogen and oxygen atoms in total. The first-order valence-electron chi connectivity index (χ1n) is 5.24. The molecule has 0 N–H and O–H groups in total. The molecule has 0 radical (unpaired) electrons. The molecule has 2 aromatic heterocycles. The summed E-state index contributed by atoms with van der Waals surface area (Å²) >= 11 is 7.79. The Hall–Kier alpha value is -0.910. The summed E-state index contributed by atoms with van der Waals surface area (Å²) in [5.74, 6) is 0.923. The van der Waals surface area contributed by atoms with Crippen molar-refractivity contribution < 1.29 is 4.74 Å². The largest absolute Gasteiger partial charge is 0.383 e. The van der Waals surface area contributed by atoms with Crippen molar-refractivity contribution >= 4 is 39.0 Å². The Morgan fingerprint density at radius 2 is 2.35 bits per heavy atom. The van der Waals surface area contributed by atoms with E-state index in [1.807, 2.05) is 23.4 Å². The predicted octanol–water partition coefficient (Wildman–Crippen LogP) is 2.38. The third-order valence-corrected chi connectivity index (χ3v) is 3.57. The third-order valence-electron chi connectivity index (χ3n) is 2.41. The van der Waals surface area contributed by atoms with Crippen molar-refractivity contribution in [3.8, 4) is 0 Å². The van der Waals surface area contributed by atoms with E-state index in [4.69, 9.17) is 16.3 Å². The molecule has 0 saturated heterocycles. The zero-order valence-corrected chi connectivity index (χ0v) is 11.3. The molecular weight excluding hydrogens is 258 g/mol. The fourth-order valence-corrected chi connectivity index (χ4v) is 2.89. The summed E-state index contributed by atoms with van der Waals surface area (Å²) in [7, 11) is 3.63. The summed E-state index contributed by atoms with van der Waals surface area (Å²) in [4.78, 5) is 10.6. The molecule has 1 unspecified atom stereocenters. The van der Waals surface area contributed by atoms with Gasteiger partial charge in [-0.15, -0.1) is 22.9 Å². The summed E-state index contributed by atoms with van der Waals surface area (Å²) in [6.45, 7) is 1.23. The lowest BCUT2D eigenvalue weighted by molar-refractivity contribution is 0.199. The molecule has 2 aromatic rings. The fraction of sp³-hybridized carbons (Fsp3) is 0.455. The quantitative estimate of drug-likeness (QED) is 0.783. The number of nitrogens with zero attached hydrogens (tertiary/aromatic N) is 3. The Morgan fingerprint density at radius 1 is 1.53 bits per heavy atom. The van der Waals surface area contributed by atoms with E-state index in [2.05, 4.69) is 9.97 Å². The number of alkyl halides is 1. The average molecular weight is 272 g/mol. The SMILES string of the molecule is COCC(Cl)CN(C)c1ncnc2ccsc12. The van der Waals surface area contributed by atoms with Crippen molar-refractivity contribution in [2.24, 2.45) is 0 Å². The molecule has 2 heterocycles. The van der Waals surface area contributed by atoms with E-state index in [0.29, 0.717) is 13.2 Å². The lowest BCUT2D eigenvalue weighted by Gasteiger charge is -2.21. The number of hydrogen-bond donors (Lipinski definition) is 0. The molecule has 0 aliphatic carbocycles. The number of hydrogen-bond acceptors (Lipinski definition) is 5. The zero-order valence-electron chi connectivity index (χ0n) is 9.76. The van der Waals surface area contributed by atoms with E-state index >= 15 is 0 Å². The van der Waals surface area contributed by atoms with Crippen molar-refractivity contribution in [1.29, 1.82) is 0 Å². The first-order chi connectivity index (χ1) is 8.22. The van der Waals surface area contributed by atoms with Gasteiger partial charge in [0.15, 0.2) is 0 Å². The number of ether oxygens (including phenoxy) is 1. The van der Waals surface area contributed by atoms with Crippen molar-refractivity contribution in [3.63, 3.8) is 0 Å². The van der Waals surface area contributed by atoms with Gasteiger partial charge in [-0.3, -0.25) is 0 Å². The van der Waals surface area contributed by atoms with Crippen LogP contribution in [0.15, 0.2) is 17.8 Å². The van der Waals surface area contributed by atoms with Gasteiger partial charge in [-0.05, 0) is 11.4 Å². The van der Waals surface area contributed by atoms with E-state index in [1.54, 1.807) is 24.8 Å². The predicted molar refractivity (Wildman–Crippen MR) is 72.2 cm³/mol. The molecule has 0 spiro atoms. The Balaban J connectivity index is 2.18. The number of fused-ring (bicyclic) bond motifs is 1. The van der Waals surface area contributed by atoms with Gasteiger partial charge >= 0.3 is 0 Å². The molecular formula is C11H14ClN3OS. The van der Waals surface area contributed by atoms with Crippen LogP contribution in [0, 0.1) is 0 Å². The van der Waals surface area contributed by atoms with Crippen LogP contribution in [0.5, 0.6) is 0 Å². The van der Waals surface area contributed by atoms with Crippen LogP contribution in [0.4, 0.5) is 5.82 Å².